The summed E-state index contributed by atoms with van der Waals surface area (Å²) in [6.07, 6.45) is 1.23. The third kappa shape index (κ3) is 3.22. The maximum atomic E-state index is 16.4. The van der Waals surface area contributed by atoms with Crippen molar-refractivity contribution in [3.8, 4) is 0 Å². The number of pyridine rings is 1. The number of carbonyl (C=O) groups is 4. The smallest absolute Gasteiger partial charge is 0.416 e. The van der Waals surface area contributed by atoms with Gasteiger partial charge in [-0.1, -0.05) is 5.16 Å². The zero-order valence-electron chi connectivity index (χ0n) is 21.3. The number of anilines is 2. The molecule has 2 aromatic heterocycles. The van der Waals surface area contributed by atoms with Crippen LogP contribution >= 0.6 is 0 Å². The number of carbonyl (C=O) groups excluding carboxylic acids is 4. The van der Waals surface area contributed by atoms with Crippen molar-refractivity contribution in [2.75, 3.05) is 23.0 Å². The number of hydrogen-bond donors (Lipinski definition) is 2. The molecule has 3 fully saturated rings. The van der Waals surface area contributed by atoms with Gasteiger partial charge in [-0.15, -0.1) is 0 Å². The lowest BCUT2D eigenvalue weighted by atomic mass is 9.66. The quantitative estimate of drug-likeness (QED) is 0.452. The van der Waals surface area contributed by atoms with Crippen LogP contribution in [-0.4, -0.2) is 65.5 Å². The summed E-state index contributed by atoms with van der Waals surface area (Å²) in [6, 6.07) is 2.64. The van der Waals surface area contributed by atoms with Gasteiger partial charge in [0.15, 0.2) is 17.1 Å². The minimum absolute atomic E-state index is 0.0351. The Morgan fingerprint density at radius 1 is 1.10 bits per heavy atom. The number of nitrogens with zero attached hydrogens (tertiary/aromatic N) is 4. The molecule has 1 spiro atoms. The Balaban J connectivity index is 1.42. The number of cyclic esters (lactones) is 1. The summed E-state index contributed by atoms with van der Waals surface area (Å²) in [5, 5.41) is 8.65. The number of benzene rings is 1. The Morgan fingerprint density at radius 2 is 1.82 bits per heavy atom. The molecule has 0 radical (unpaired) electrons. The number of hydrogen-bond acceptors (Lipinski definition) is 10. The van der Waals surface area contributed by atoms with Gasteiger partial charge in [-0.25, -0.2) is 18.9 Å². The van der Waals surface area contributed by atoms with E-state index in [0.29, 0.717) is 5.56 Å². The van der Waals surface area contributed by atoms with Crippen LogP contribution < -0.4 is 20.4 Å². The van der Waals surface area contributed by atoms with Crippen molar-refractivity contribution in [2.45, 2.75) is 44.6 Å². The van der Waals surface area contributed by atoms with Gasteiger partial charge in [-0.2, -0.15) is 0 Å². The second kappa shape index (κ2) is 8.45. The van der Waals surface area contributed by atoms with Gasteiger partial charge in [0.05, 0.1) is 29.3 Å². The number of amides is 5. The highest BCUT2D eigenvalue weighted by Gasteiger charge is 2.63. The van der Waals surface area contributed by atoms with Crippen LogP contribution in [0.4, 0.5) is 25.5 Å². The van der Waals surface area contributed by atoms with Crippen molar-refractivity contribution in [3.63, 3.8) is 0 Å². The number of morpholine rings is 1. The Labute approximate surface area is 225 Å². The highest BCUT2D eigenvalue weighted by molar-refractivity contribution is 6.20. The molecule has 40 heavy (non-hydrogen) atoms. The highest BCUT2D eigenvalue weighted by atomic mass is 19.1. The molecule has 4 aliphatic rings. The van der Waals surface area contributed by atoms with Crippen molar-refractivity contribution in [2.24, 2.45) is 5.41 Å². The maximum absolute atomic E-state index is 16.4. The predicted molar refractivity (Wildman–Crippen MR) is 134 cm³/mol. The Hall–Kier alpha value is -4.59. The van der Waals surface area contributed by atoms with E-state index in [9.17, 15) is 19.2 Å². The fourth-order valence-corrected chi connectivity index (χ4v) is 6.60. The molecule has 4 atom stereocenters. The van der Waals surface area contributed by atoms with Gasteiger partial charge in [-0.05, 0) is 43.2 Å². The summed E-state index contributed by atoms with van der Waals surface area (Å²) in [5.41, 5.74) is -0.770. The minimum Gasteiger partial charge on any atom is -0.447 e. The van der Waals surface area contributed by atoms with E-state index in [-0.39, 0.29) is 48.2 Å². The van der Waals surface area contributed by atoms with Crippen LogP contribution in [0, 0.1) is 11.2 Å². The summed E-state index contributed by atoms with van der Waals surface area (Å²) >= 11 is 0. The van der Waals surface area contributed by atoms with Gasteiger partial charge in [0.1, 0.15) is 12.6 Å². The SMILES string of the molecule is C[C@@H]1CN2c3c(cc4c(N5C(=O)OC[C@@H]5c5ccncc5)noc4c3F)CC3(C(=O)NC(=O)NC3=O)C2[C@H](C)O1. The molecule has 13 nitrogen and oxygen atoms in total. The lowest BCUT2D eigenvalue weighted by molar-refractivity contribution is -0.153. The molecule has 5 amide bonds. The molecule has 0 aliphatic carbocycles. The largest absolute Gasteiger partial charge is 0.447 e. The van der Waals surface area contributed by atoms with Crippen molar-refractivity contribution in [1.82, 2.24) is 20.8 Å². The van der Waals surface area contributed by atoms with Gasteiger partial charge in [-0.3, -0.25) is 25.2 Å². The van der Waals surface area contributed by atoms with Crippen LogP contribution in [0.15, 0.2) is 35.1 Å². The van der Waals surface area contributed by atoms with Crippen LogP contribution in [0.25, 0.3) is 11.0 Å². The number of nitrogens with one attached hydrogen (secondary N) is 2. The number of ether oxygens (including phenoxy) is 2. The van der Waals surface area contributed by atoms with E-state index in [1.807, 2.05) is 0 Å². The van der Waals surface area contributed by atoms with Crippen LogP contribution in [0.2, 0.25) is 0 Å². The van der Waals surface area contributed by atoms with E-state index in [2.05, 4.69) is 20.8 Å². The number of aromatic nitrogens is 2. The Bertz CT molecular complexity index is 1590. The number of fused-ring (bicyclic) bond motifs is 5. The van der Waals surface area contributed by atoms with Crippen LogP contribution in [0.1, 0.15) is 31.0 Å². The fraction of sp³-hybridized carbons (Fsp3) is 0.385. The highest BCUT2D eigenvalue weighted by Crippen LogP contribution is 2.50. The third-order valence-corrected chi connectivity index (χ3v) is 8.14. The van der Waals surface area contributed by atoms with Crippen LogP contribution in [-0.2, 0) is 25.5 Å². The molecule has 206 valence electrons. The lowest BCUT2D eigenvalue weighted by Gasteiger charge is -2.55. The molecule has 1 aromatic carbocycles. The number of halogens is 1. The predicted octanol–water partition coefficient (Wildman–Crippen LogP) is 1.95. The second-order valence-electron chi connectivity index (χ2n) is 10.5. The number of imide groups is 2. The molecule has 3 saturated heterocycles. The molecular weight excluding hydrogens is 527 g/mol. The maximum Gasteiger partial charge on any atom is 0.416 e. The molecule has 14 heteroatoms. The summed E-state index contributed by atoms with van der Waals surface area (Å²) in [7, 11) is 0. The average Bonchev–Trinajstić information content (AvgIpc) is 3.50. The molecule has 0 bridgehead atoms. The number of rotatable bonds is 2. The van der Waals surface area contributed by atoms with Crippen molar-refractivity contribution < 1.29 is 37.6 Å². The van der Waals surface area contributed by atoms with E-state index < -0.39 is 53.4 Å². The molecular formula is C26H23FN6O7. The average molecular weight is 551 g/mol. The van der Waals surface area contributed by atoms with Gasteiger partial charge in [0.2, 0.25) is 17.4 Å². The Kier molecular flexibility index (Phi) is 5.17. The van der Waals surface area contributed by atoms with E-state index in [1.54, 1.807) is 49.3 Å². The van der Waals surface area contributed by atoms with Crippen molar-refractivity contribution >= 4 is 46.4 Å². The van der Waals surface area contributed by atoms with Crippen LogP contribution in [0.5, 0.6) is 0 Å². The van der Waals surface area contributed by atoms with Gasteiger partial charge in [0, 0.05) is 25.4 Å². The van der Waals surface area contributed by atoms with Gasteiger partial charge >= 0.3 is 12.1 Å². The summed E-state index contributed by atoms with van der Waals surface area (Å²) < 4.78 is 33.1. The molecule has 7 rings (SSSR count). The fourth-order valence-electron chi connectivity index (χ4n) is 6.60. The summed E-state index contributed by atoms with van der Waals surface area (Å²) in [6.45, 7) is 3.72. The second-order valence-corrected chi connectivity index (χ2v) is 10.5. The van der Waals surface area contributed by atoms with Crippen LogP contribution in [0.3, 0.4) is 0 Å². The first-order valence-electron chi connectivity index (χ1n) is 12.8. The number of urea groups is 1. The molecule has 3 aromatic rings. The van der Waals surface area contributed by atoms with Gasteiger partial charge in [0.25, 0.3) is 0 Å². The van der Waals surface area contributed by atoms with Crippen molar-refractivity contribution in [3.05, 3.63) is 47.5 Å². The first-order chi connectivity index (χ1) is 19.2. The zero-order valence-corrected chi connectivity index (χ0v) is 21.3. The van der Waals surface area contributed by atoms with Gasteiger partial charge < -0.3 is 18.9 Å². The monoisotopic (exact) mass is 550 g/mol. The molecule has 6 heterocycles. The molecule has 1 unspecified atom stereocenters. The topological polar surface area (TPSA) is 156 Å². The van der Waals surface area contributed by atoms with E-state index in [4.69, 9.17) is 14.0 Å². The first kappa shape index (κ1) is 24.5. The Morgan fingerprint density at radius 3 is 2.55 bits per heavy atom. The third-order valence-electron chi connectivity index (χ3n) is 8.14. The zero-order chi connectivity index (χ0) is 27.9. The van der Waals surface area contributed by atoms with E-state index in [1.165, 1.54) is 4.90 Å². The summed E-state index contributed by atoms with van der Waals surface area (Å²) in [4.78, 5) is 58.6. The lowest BCUT2D eigenvalue weighted by Crippen LogP contribution is -2.75. The van der Waals surface area contributed by atoms with E-state index >= 15 is 4.39 Å². The minimum atomic E-state index is -1.79. The summed E-state index contributed by atoms with van der Waals surface area (Å²) in [5.74, 6) is -2.29. The van der Waals surface area contributed by atoms with E-state index in [0.717, 1.165) is 5.56 Å². The first-order valence-corrected chi connectivity index (χ1v) is 12.8. The number of barbiturate groups is 1. The molecule has 4 aliphatic heterocycles. The standard InChI is InChI=1S/C26H23FN6O7/c1-11-9-32-18-14(8-26(20(32)12(2)39-11)22(34)29-24(36)30-23(26)35)7-15-19(17(18)27)40-31-21(15)33-16(10-38-25(33)37)13-3-5-28-6-4-13/h3-7,11-12,16,20H,8-10H2,1-2H3,(H2,29,30,34,35,36)/t11-,12+,16-,20?/m1/s1. The van der Waals surface area contributed by atoms with Crippen molar-refractivity contribution in [1.29, 1.82) is 0 Å². The normalized spacial score (nSPS) is 27.4. The molecule has 0 saturated carbocycles. The molecule has 2 N–H and O–H groups in total.